The molecule has 180 valence electrons. The summed E-state index contributed by atoms with van der Waals surface area (Å²) < 4.78 is 11.6. The van der Waals surface area contributed by atoms with Gasteiger partial charge in [-0.2, -0.15) is 0 Å². The van der Waals surface area contributed by atoms with Crippen LogP contribution in [0.1, 0.15) is 44.6 Å². The van der Waals surface area contributed by atoms with Crippen LogP contribution < -0.4 is 15.4 Å². The first-order chi connectivity index (χ1) is 16.6. The first-order valence-electron chi connectivity index (χ1n) is 11.9. The fourth-order valence-electron chi connectivity index (χ4n) is 3.65. The molecule has 34 heavy (non-hydrogen) atoms. The van der Waals surface area contributed by atoms with Crippen LogP contribution in [-0.4, -0.2) is 37.2 Å². The van der Waals surface area contributed by atoms with Gasteiger partial charge in [-0.05, 0) is 62.4 Å². The molecule has 2 aromatic carbocycles. The summed E-state index contributed by atoms with van der Waals surface area (Å²) in [6.07, 6.45) is 5.81. The molecule has 7 nitrogen and oxygen atoms in total. The van der Waals surface area contributed by atoms with Crippen molar-refractivity contribution >= 4 is 29.0 Å². The minimum atomic E-state index is -0.106. The van der Waals surface area contributed by atoms with Crippen LogP contribution in [0.15, 0.2) is 48.5 Å². The number of pyridine rings is 1. The highest BCUT2D eigenvalue weighted by molar-refractivity contribution is 6.05. The van der Waals surface area contributed by atoms with E-state index in [2.05, 4.69) is 17.6 Å². The molecule has 0 aliphatic rings. The zero-order chi connectivity index (χ0) is 24.2. The summed E-state index contributed by atoms with van der Waals surface area (Å²) in [6.45, 7) is 6.48. The van der Waals surface area contributed by atoms with Gasteiger partial charge in [0.2, 0.25) is 6.41 Å². The lowest BCUT2D eigenvalue weighted by molar-refractivity contribution is -0.108. The number of hydrogen-bond donors (Lipinski definition) is 3. The zero-order valence-electron chi connectivity index (χ0n) is 20.0. The fraction of sp³-hybridized carbons (Fsp3) is 0.370. The highest BCUT2D eigenvalue weighted by Gasteiger charge is 2.12. The number of rotatable bonds is 13. The van der Waals surface area contributed by atoms with Gasteiger partial charge < -0.3 is 14.8 Å². The molecule has 3 rings (SSSR count). The van der Waals surface area contributed by atoms with Gasteiger partial charge in [0.25, 0.3) is 0 Å². The number of aromatic nitrogens is 1. The number of anilines is 1. The minimum Gasteiger partial charge on any atom is -0.494 e. The topological polar surface area (TPSA) is 96.3 Å². The van der Waals surface area contributed by atoms with E-state index >= 15 is 0 Å². The number of hydrogen-bond acceptors (Lipinski definition) is 5. The number of aryl methyl sites for hydroxylation is 1. The predicted octanol–water partition coefficient (Wildman–Crippen LogP) is 5.67. The zero-order valence-corrected chi connectivity index (χ0v) is 20.0. The summed E-state index contributed by atoms with van der Waals surface area (Å²) in [4.78, 5) is 15.6. The van der Waals surface area contributed by atoms with Gasteiger partial charge in [0.1, 0.15) is 5.75 Å². The van der Waals surface area contributed by atoms with Gasteiger partial charge in [-0.25, -0.2) is 4.98 Å². The summed E-state index contributed by atoms with van der Waals surface area (Å²) >= 11 is 0. The molecule has 0 bridgehead atoms. The maximum atomic E-state index is 10.8. The van der Waals surface area contributed by atoms with E-state index < -0.39 is 0 Å². The van der Waals surface area contributed by atoms with Gasteiger partial charge in [-0.1, -0.05) is 37.6 Å². The summed E-state index contributed by atoms with van der Waals surface area (Å²) in [6, 6.07) is 15.7. The van der Waals surface area contributed by atoms with Crippen molar-refractivity contribution in [2.24, 2.45) is 0 Å². The lowest BCUT2D eigenvalue weighted by Crippen LogP contribution is -2.28. The fourth-order valence-corrected chi connectivity index (χ4v) is 3.65. The quantitative estimate of drug-likeness (QED) is 0.132. The van der Waals surface area contributed by atoms with Crippen LogP contribution >= 0.6 is 0 Å². The van der Waals surface area contributed by atoms with Crippen LogP contribution in [0.5, 0.6) is 5.75 Å². The molecule has 0 radical (unpaired) electrons. The van der Waals surface area contributed by atoms with Crippen molar-refractivity contribution in [2.45, 2.75) is 46.0 Å². The number of carbonyl (C=O) groups excluding carboxylic acids is 1. The van der Waals surface area contributed by atoms with Crippen LogP contribution in [0.3, 0.4) is 0 Å². The van der Waals surface area contributed by atoms with Gasteiger partial charge in [-0.15, -0.1) is 0 Å². The molecule has 0 unspecified atom stereocenters. The number of amides is 1. The van der Waals surface area contributed by atoms with E-state index in [0.717, 1.165) is 78.8 Å². The van der Waals surface area contributed by atoms with Crippen LogP contribution in [0.2, 0.25) is 0 Å². The van der Waals surface area contributed by atoms with Gasteiger partial charge in [-0.3, -0.25) is 15.5 Å². The number of ether oxygens (including phenoxy) is 2. The number of nitrogens with one attached hydrogen (secondary N) is 3. The number of nitrogens with zero attached hydrogens (tertiary/aromatic N) is 1. The molecular weight excluding hydrogens is 428 g/mol. The van der Waals surface area contributed by atoms with Crippen molar-refractivity contribution in [3.63, 3.8) is 0 Å². The molecule has 1 heterocycles. The van der Waals surface area contributed by atoms with Crippen LogP contribution in [0, 0.1) is 12.3 Å². The molecule has 0 fully saturated rings. The Kier molecular flexibility index (Phi) is 9.85. The van der Waals surface area contributed by atoms with Crippen LogP contribution in [0.4, 0.5) is 5.69 Å². The number of unbranched alkanes of at least 4 members (excludes halogenated alkanes) is 3. The second-order valence-corrected chi connectivity index (χ2v) is 8.19. The lowest BCUT2D eigenvalue weighted by Gasteiger charge is -2.14. The van der Waals surface area contributed by atoms with E-state index in [4.69, 9.17) is 19.9 Å². The van der Waals surface area contributed by atoms with Crippen molar-refractivity contribution < 1.29 is 14.3 Å². The Hall–Kier alpha value is -3.45. The molecule has 1 aromatic heterocycles. The van der Waals surface area contributed by atoms with E-state index in [1.807, 2.05) is 55.5 Å². The van der Waals surface area contributed by atoms with Crippen molar-refractivity contribution in [3.05, 3.63) is 54.1 Å². The van der Waals surface area contributed by atoms with Crippen LogP contribution in [-0.2, 0) is 9.53 Å². The lowest BCUT2D eigenvalue weighted by atomic mass is 10.0. The van der Waals surface area contributed by atoms with Gasteiger partial charge in [0, 0.05) is 24.2 Å². The van der Waals surface area contributed by atoms with Gasteiger partial charge in [0.05, 0.1) is 23.5 Å². The maximum absolute atomic E-state index is 10.8. The van der Waals surface area contributed by atoms with Crippen molar-refractivity contribution in [3.8, 4) is 17.0 Å². The standard InChI is InChI=1S/C27H34N4O3/c1-3-4-14-33-15-8-5-9-16-34-21-12-13-24-23(17-21)26(31-27(28)29-19-32)18-25(30-24)22-11-7-6-10-20(22)2/h6-7,10-13,17-19H,3-5,8-9,14-16H2,1-2H3,(H3,28,29,30,31,32). The monoisotopic (exact) mass is 462 g/mol. The second kappa shape index (κ2) is 13.3. The maximum Gasteiger partial charge on any atom is 0.213 e. The Balaban J connectivity index is 1.72. The van der Waals surface area contributed by atoms with E-state index in [0.29, 0.717) is 18.7 Å². The van der Waals surface area contributed by atoms with Crippen LogP contribution in [0.25, 0.3) is 22.2 Å². The highest BCUT2D eigenvalue weighted by Crippen LogP contribution is 2.32. The van der Waals surface area contributed by atoms with Crippen molar-refractivity contribution in [1.82, 2.24) is 10.3 Å². The van der Waals surface area contributed by atoms with E-state index in [1.54, 1.807) is 0 Å². The van der Waals surface area contributed by atoms with Gasteiger partial charge >= 0.3 is 0 Å². The van der Waals surface area contributed by atoms with Crippen molar-refractivity contribution in [2.75, 3.05) is 25.1 Å². The molecule has 1 amide bonds. The Morgan fingerprint density at radius 1 is 1.03 bits per heavy atom. The average Bonchev–Trinajstić information content (AvgIpc) is 2.83. The summed E-state index contributed by atoms with van der Waals surface area (Å²) in [5, 5.41) is 14.1. The molecule has 0 saturated carbocycles. The Labute approximate surface area is 201 Å². The molecule has 3 N–H and O–H groups in total. The molecule has 7 heteroatoms. The largest absolute Gasteiger partial charge is 0.494 e. The number of guanidine groups is 1. The molecule has 0 atom stereocenters. The predicted molar refractivity (Wildman–Crippen MR) is 138 cm³/mol. The first-order valence-corrected chi connectivity index (χ1v) is 11.9. The van der Waals surface area contributed by atoms with E-state index in [1.165, 1.54) is 0 Å². The summed E-state index contributed by atoms with van der Waals surface area (Å²) in [5.41, 5.74) is 4.37. The second-order valence-electron chi connectivity index (χ2n) is 8.19. The third-order valence-corrected chi connectivity index (χ3v) is 5.51. The molecule has 3 aromatic rings. The molecular formula is C27H34N4O3. The SMILES string of the molecule is CCCCOCCCCCOc1ccc2nc(-c3ccccc3C)cc(NC(=N)NC=O)c2c1. The van der Waals surface area contributed by atoms with E-state index in [9.17, 15) is 4.79 Å². The third-order valence-electron chi connectivity index (χ3n) is 5.51. The number of carbonyl (C=O) groups is 1. The molecule has 0 spiro atoms. The normalized spacial score (nSPS) is 10.8. The number of benzene rings is 2. The average molecular weight is 463 g/mol. The van der Waals surface area contributed by atoms with Gasteiger partial charge in [0.15, 0.2) is 5.96 Å². The Morgan fingerprint density at radius 3 is 2.62 bits per heavy atom. The highest BCUT2D eigenvalue weighted by atomic mass is 16.5. The third kappa shape index (κ3) is 7.28. The summed E-state index contributed by atoms with van der Waals surface area (Å²) in [5.74, 6) is 0.640. The smallest absolute Gasteiger partial charge is 0.213 e. The number of fused-ring (bicyclic) bond motifs is 1. The molecule has 0 saturated heterocycles. The van der Waals surface area contributed by atoms with Crippen molar-refractivity contribution in [1.29, 1.82) is 5.41 Å². The Bertz CT molecular complexity index is 1100. The molecule has 0 aliphatic heterocycles. The summed E-state index contributed by atoms with van der Waals surface area (Å²) in [7, 11) is 0. The molecule has 0 aliphatic carbocycles. The minimum absolute atomic E-state index is 0.106. The first kappa shape index (κ1) is 25.2. The Morgan fingerprint density at radius 2 is 1.82 bits per heavy atom. The van der Waals surface area contributed by atoms with E-state index in [-0.39, 0.29) is 5.96 Å².